The van der Waals surface area contributed by atoms with Gasteiger partial charge in [-0.1, -0.05) is 12.8 Å². The van der Waals surface area contributed by atoms with Crippen molar-refractivity contribution in [2.45, 2.75) is 76.8 Å². The van der Waals surface area contributed by atoms with Crippen molar-refractivity contribution in [2.24, 2.45) is 17.8 Å². The van der Waals surface area contributed by atoms with Crippen molar-refractivity contribution in [1.82, 2.24) is 25.8 Å². The Morgan fingerprint density at radius 3 is 2.36 bits per heavy atom. The Hall–Kier alpha value is -1.67. The number of nitrogens with zero attached hydrogens (tertiary/aromatic N) is 2. The number of unbranched alkanes of at least 4 members (excludes halogenated alkanes) is 1. The van der Waals surface area contributed by atoms with Crippen molar-refractivity contribution in [3.63, 3.8) is 0 Å². The monoisotopic (exact) mass is 461 g/mol. The van der Waals surface area contributed by atoms with Crippen LogP contribution in [-0.4, -0.2) is 85.4 Å². The highest BCUT2D eigenvalue weighted by molar-refractivity contribution is 5.82. The van der Waals surface area contributed by atoms with Gasteiger partial charge in [0.25, 0.3) is 0 Å². The zero-order valence-electron chi connectivity index (χ0n) is 20.3. The second kappa shape index (κ2) is 11.6. The van der Waals surface area contributed by atoms with Crippen molar-refractivity contribution >= 4 is 17.7 Å². The van der Waals surface area contributed by atoms with E-state index in [0.717, 1.165) is 84.1 Å². The number of hydrogen-bond acceptors (Lipinski definition) is 5. The van der Waals surface area contributed by atoms with Gasteiger partial charge in [-0.3, -0.25) is 14.4 Å². The number of nitrogens with one attached hydrogen (secondary N) is 3. The van der Waals surface area contributed by atoms with E-state index in [1.54, 1.807) is 6.92 Å². The largest absolute Gasteiger partial charge is 0.355 e. The number of piperidine rings is 3. The topological polar surface area (TPSA) is 93.8 Å². The van der Waals surface area contributed by atoms with E-state index in [0.29, 0.717) is 36.9 Å². The maximum atomic E-state index is 12.9. The third-order valence-electron chi connectivity index (χ3n) is 8.43. The minimum Gasteiger partial charge on any atom is -0.355 e. The van der Waals surface area contributed by atoms with E-state index in [2.05, 4.69) is 20.9 Å². The Bertz CT molecular complexity index is 672. The molecule has 0 aromatic heterocycles. The van der Waals surface area contributed by atoms with Crippen LogP contribution in [0, 0.1) is 17.8 Å². The average molecular weight is 462 g/mol. The average Bonchev–Trinajstić information content (AvgIpc) is 3.28. The predicted octanol–water partition coefficient (Wildman–Crippen LogP) is 1.11. The van der Waals surface area contributed by atoms with Crippen molar-refractivity contribution in [3.05, 3.63) is 0 Å². The summed E-state index contributed by atoms with van der Waals surface area (Å²) in [6.07, 6.45) is 9.22. The molecule has 33 heavy (non-hydrogen) atoms. The molecule has 0 aromatic carbocycles. The molecule has 4 fully saturated rings. The van der Waals surface area contributed by atoms with E-state index >= 15 is 0 Å². The SMILES string of the molecule is CC(=O)N1CCC(C(=O)N2CCC(CCCCNC(=O)C3CC4CNCCC4N3)CC2)CC1. The maximum absolute atomic E-state index is 12.9. The van der Waals surface area contributed by atoms with Gasteiger partial charge >= 0.3 is 0 Å². The quantitative estimate of drug-likeness (QED) is 0.494. The van der Waals surface area contributed by atoms with E-state index in [9.17, 15) is 14.4 Å². The van der Waals surface area contributed by atoms with Crippen LogP contribution in [-0.2, 0) is 14.4 Å². The Morgan fingerprint density at radius 2 is 1.67 bits per heavy atom. The van der Waals surface area contributed by atoms with Crippen LogP contribution in [0.1, 0.15) is 64.7 Å². The number of carbonyl (C=O) groups is 3. The van der Waals surface area contributed by atoms with Crippen LogP contribution >= 0.6 is 0 Å². The third-order valence-corrected chi connectivity index (χ3v) is 8.43. The molecular weight excluding hydrogens is 418 g/mol. The van der Waals surface area contributed by atoms with E-state index in [-0.39, 0.29) is 23.8 Å². The minimum atomic E-state index is -0.0172. The lowest BCUT2D eigenvalue weighted by Crippen LogP contribution is -2.46. The second-order valence-electron chi connectivity index (χ2n) is 10.7. The summed E-state index contributed by atoms with van der Waals surface area (Å²) in [5, 5.41) is 10.1. The zero-order valence-corrected chi connectivity index (χ0v) is 20.3. The molecule has 4 saturated heterocycles. The molecule has 4 heterocycles. The van der Waals surface area contributed by atoms with Crippen LogP contribution < -0.4 is 16.0 Å². The summed E-state index contributed by atoms with van der Waals surface area (Å²) in [4.78, 5) is 40.8. The van der Waals surface area contributed by atoms with Crippen molar-refractivity contribution in [1.29, 1.82) is 0 Å². The first-order chi connectivity index (χ1) is 16.0. The fourth-order valence-corrected chi connectivity index (χ4v) is 6.24. The van der Waals surface area contributed by atoms with Crippen LogP contribution in [0.5, 0.6) is 0 Å². The molecule has 3 N–H and O–H groups in total. The highest BCUT2D eigenvalue weighted by Crippen LogP contribution is 2.27. The van der Waals surface area contributed by atoms with E-state index in [1.807, 2.05) is 4.90 Å². The summed E-state index contributed by atoms with van der Waals surface area (Å²) in [5.41, 5.74) is 0. The van der Waals surface area contributed by atoms with Crippen LogP contribution in [0.15, 0.2) is 0 Å². The summed E-state index contributed by atoms with van der Waals surface area (Å²) in [5.74, 6) is 1.97. The van der Waals surface area contributed by atoms with E-state index < -0.39 is 0 Å². The van der Waals surface area contributed by atoms with Gasteiger partial charge in [0.05, 0.1) is 6.04 Å². The number of carbonyl (C=O) groups excluding carboxylic acids is 3. The highest BCUT2D eigenvalue weighted by atomic mass is 16.2. The number of rotatable bonds is 7. The van der Waals surface area contributed by atoms with Gasteiger partial charge < -0.3 is 25.8 Å². The first kappa shape index (κ1) is 24.5. The molecular formula is C25H43N5O3. The maximum Gasteiger partial charge on any atom is 0.237 e. The van der Waals surface area contributed by atoms with E-state index in [1.165, 1.54) is 6.42 Å². The Labute approximate surface area is 198 Å². The first-order valence-corrected chi connectivity index (χ1v) is 13.3. The van der Waals surface area contributed by atoms with Gasteiger partial charge in [-0.15, -0.1) is 0 Å². The van der Waals surface area contributed by atoms with Gasteiger partial charge in [0.2, 0.25) is 17.7 Å². The molecule has 8 heteroatoms. The standard InChI is InChI=1S/C25H43N5O3/c1-18(31)29-14-8-20(9-15-29)25(33)30-12-6-19(7-13-30)4-2-3-10-27-24(32)23-16-21-17-26-11-5-22(21)28-23/h19-23,26,28H,2-17H2,1H3,(H,27,32). The summed E-state index contributed by atoms with van der Waals surface area (Å²) in [6, 6.07) is 0.490. The number of hydrogen-bond donors (Lipinski definition) is 3. The summed E-state index contributed by atoms with van der Waals surface area (Å²) >= 11 is 0. The lowest BCUT2D eigenvalue weighted by molar-refractivity contribution is -0.141. The molecule has 0 aliphatic carbocycles. The molecule has 3 amide bonds. The number of fused-ring (bicyclic) bond motifs is 1. The molecule has 0 aromatic rings. The molecule has 8 nitrogen and oxygen atoms in total. The number of amides is 3. The van der Waals surface area contributed by atoms with Gasteiger partial charge in [0.1, 0.15) is 0 Å². The van der Waals surface area contributed by atoms with E-state index in [4.69, 9.17) is 0 Å². The van der Waals surface area contributed by atoms with Crippen LogP contribution in [0.25, 0.3) is 0 Å². The Kier molecular flexibility index (Phi) is 8.63. The molecule has 0 radical (unpaired) electrons. The summed E-state index contributed by atoms with van der Waals surface area (Å²) in [7, 11) is 0. The van der Waals surface area contributed by atoms with Crippen LogP contribution in [0.4, 0.5) is 0 Å². The molecule has 3 unspecified atom stereocenters. The predicted molar refractivity (Wildman–Crippen MR) is 127 cm³/mol. The molecule has 4 aliphatic rings. The Morgan fingerprint density at radius 1 is 0.939 bits per heavy atom. The lowest BCUT2D eigenvalue weighted by Gasteiger charge is -2.37. The smallest absolute Gasteiger partial charge is 0.237 e. The Balaban J connectivity index is 1.05. The fraction of sp³-hybridized carbons (Fsp3) is 0.880. The van der Waals surface area contributed by atoms with Gasteiger partial charge in [-0.2, -0.15) is 0 Å². The molecule has 4 aliphatic heterocycles. The van der Waals surface area contributed by atoms with Crippen molar-refractivity contribution < 1.29 is 14.4 Å². The number of likely N-dealkylation sites (tertiary alicyclic amines) is 2. The molecule has 0 saturated carbocycles. The molecule has 186 valence electrons. The van der Waals surface area contributed by atoms with Crippen LogP contribution in [0.2, 0.25) is 0 Å². The minimum absolute atomic E-state index is 0.0172. The first-order valence-electron chi connectivity index (χ1n) is 13.3. The second-order valence-corrected chi connectivity index (χ2v) is 10.7. The highest BCUT2D eigenvalue weighted by Gasteiger charge is 2.38. The fourth-order valence-electron chi connectivity index (χ4n) is 6.24. The summed E-state index contributed by atoms with van der Waals surface area (Å²) < 4.78 is 0. The van der Waals surface area contributed by atoms with Crippen molar-refractivity contribution in [3.8, 4) is 0 Å². The van der Waals surface area contributed by atoms with Gasteiger partial charge in [-0.05, 0) is 69.9 Å². The van der Waals surface area contributed by atoms with Gasteiger partial charge in [0, 0.05) is 51.6 Å². The third kappa shape index (κ3) is 6.47. The molecule has 0 spiro atoms. The van der Waals surface area contributed by atoms with Crippen LogP contribution in [0.3, 0.4) is 0 Å². The molecule has 3 atom stereocenters. The lowest BCUT2D eigenvalue weighted by atomic mass is 9.89. The zero-order chi connectivity index (χ0) is 23.2. The molecule has 4 rings (SSSR count). The normalized spacial score (nSPS) is 29.1. The summed E-state index contributed by atoms with van der Waals surface area (Å²) in [6.45, 7) is 7.63. The van der Waals surface area contributed by atoms with Crippen molar-refractivity contribution in [2.75, 3.05) is 45.8 Å². The van der Waals surface area contributed by atoms with Gasteiger partial charge in [0.15, 0.2) is 0 Å². The molecule has 0 bridgehead atoms. The van der Waals surface area contributed by atoms with Gasteiger partial charge in [-0.25, -0.2) is 0 Å².